The Morgan fingerprint density at radius 3 is 2.76 bits per heavy atom. The number of benzene rings is 1. The molecule has 0 atom stereocenters. The average Bonchev–Trinajstić information content (AvgIpc) is 2.28. The molecule has 0 radical (unpaired) electrons. The van der Waals surface area contributed by atoms with Crippen molar-refractivity contribution in [3.05, 3.63) is 47.1 Å². The number of nitrogen functional groups attached to an aromatic ring is 1. The second-order valence-electron chi connectivity index (χ2n) is 3.33. The molecular weight excluding hydrogens is 248 g/mol. The number of halogens is 3. The summed E-state index contributed by atoms with van der Waals surface area (Å²) in [5.74, 6) is -1.71. The molecule has 1 aromatic carbocycles. The second-order valence-corrected chi connectivity index (χ2v) is 3.73. The number of nitrogens with one attached hydrogen (secondary N) is 1. The van der Waals surface area contributed by atoms with E-state index in [1.165, 1.54) is 24.4 Å². The van der Waals surface area contributed by atoms with Gasteiger partial charge in [-0.2, -0.15) is 0 Å². The van der Waals surface area contributed by atoms with Crippen LogP contribution < -0.4 is 11.1 Å². The van der Waals surface area contributed by atoms with Crippen LogP contribution in [0.15, 0.2) is 30.5 Å². The van der Waals surface area contributed by atoms with Gasteiger partial charge in [0, 0.05) is 0 Å². The monoisotopic (exact) mass is 255 g/mol. The van der Waals surface area contributed by atoms with Gasteiger partial charge in [-0.05, 0) is 18.2 Å². The third-order valence-electron chi connectivity index (χ3n) is 2.07. The van der Waals surface area contributed by atoms with Crippen LogP contribution in [0.1, 0.15) is 0 Å². The fraction of sp³-hybridized carbons (Fsp3) is 0. The number of hydrogen-bond acceptors (Lipinski definition) is 3. The standard InChI is InChI=1S/C11H8ClF2N3/c12-7-4-6(15)5-16-11(7)17-9-3-1-2-8(13)10(9)14/h1-5H,15H2,(H,16,17). The molecule has 0 bridgehead atoms. The summed E-state index contributed by atoms with van der Waals surface area (Å²) in [4.78, 5) is 3.89. The molecule has 0 unspecified atom stereocenters. The summed E-state index contributed by atoms with van der Waals surface area (Å²) < 4.78 is 26.3. The summed E-state index contributed by atoms with van der Waals surface area (Å²) in [7, 11) is 0. The number of hydrogen-bond donors (Lipinski definition) is 2. The average molecular weight is 256 g/mol. The SMILES string of the molecule is Nc1cnc(Nc2cccc(F)c2F)c(Cl)c1. The van der Waals surface area contributed by atoms with E-state index in [9.17, 15) is 8.78 Å². The first-order valence-corrected chi connectivity index (χ1v) is 5.08. The van der Waals surface area contributed by atoms with E-state index in [-0.39, 0.29) is 16.5 Å². The normalized spacial score (nSPS) is 10.3. The zero-order chi connectivity index (χ0) is 12.4. The highest BCUT2D eigenvalue weighted by Crippen LogP contribution is 2.26. The molecule has 88 valence electrons. The Labute approximate surface area is 101 Å². The smallest absolute Gasteiger partial charge is 0.182 e. The quantitative estimate of drug-likeness (QED) is 0.865. The molecule has 0 aliphatic carbocycles. The van der Waals surface area contributed by atoms with Gasteiger partial charge in [0.2, 0.25) is 0 Å². The van der Waals surface area contributed by atoms with Gasteiger partial charge in [0.05, 0.1) is 22.6 Å². The van der Waals surface area contributed by atoms with Crippen molar-refractivity contribution in [2.24, 2.45) is 0 Å². The maximum Gasteiger partial charge on any atom is 0.182 e. The first-order chi connectivity index (χ1) is 8.08. The fourth-order valence-electron chi connectivity index (χ4n) is 1.27. The van der Waals surface area contributed by atoms with E-state index in [0.29, 0.717) is 5.69 Å². The minimum atomic E-state index is -0.984. The molecule has 0 aliphatic rings. The van der Waals surface area contributed by atoms with Crippen LogP contribution in [0, 0.1) is 11.6 Å². The molecule has 1 aromatic heterocycles. The molecule has 2 aromatic rings. The van der Waals surface area contributed by atoms with E-state index in [1.807, 2.05) is 0 Å². The molecule has 0 saturated carbocycles. The summed E-state index contributed by atoms with van der Waals surface area (Å²) in [5.41, 5.74) is 5.82. The van der Waals surface area contributed by atoms with Gasteiger partial charge in [0.1, 0.15) is 5.82 Å². The second kappa shape index (κ2) is 4.55. The van der Waals surface area contributed by atoms with Crippen LogP contribution in [0.4, 0.5) is 26.0 Å². The van der Waals surface area contributed by atoms with Gasteiger partial charge < -0.3 is 11.1 Å². The Bertz CT molecular complexity index is 560. The van der Waals surface area contributed by atoms with Crippen LogP contribution >= 0.6 is 11.6 Å². The van der Waals surface area contributed by atoms with Crippen LogP contribution in [0.25, 0.3) is 0 Å². The van der Waals surface area contributed by atoms with Gasteiger partial charge in [-0.25, -0.2) is 13.8 Å². The summed E-state index contributed by atoms with van der Waals surface area (Å²) >= 11 is 5.85. The number of aromatic nitrogens is 1. The molecule has 0 amide bonds. The minimum absolute atomic E-state index is 0.0378. The van der Waals surface area contributed by atoms with Crippen molar-refractivity contribution in [2.75, 3.05) is 11.1 Å². The van der Waals surface area contributed by atoms with Gasteiger partial charge in [0.25, 0.3) is 0 Å². The Morgan fingerprint density at radius 1 is 1.29 bits per heavy atom. The summed E-state index contributed by atoms with van der Waals surface area (Å²) in [5, 5.41) is 2.83. The van der Waals surface area contributed by atoms with E-state index in [1.54, 1.807) is 0 Å². The zero-order valence-corrected chi connectivity index (χ0v) is 9.30. The highest BCUT2D eigenvalue weighted by molar-refractivity contribution is 6.33. The topological polar surface area (TPSA) is 50.9 Å². The van der Waals surface area contributed by atoms with Gasteiger partial charge in [-0.3, -0.25) is 0 Å². The van der Waals surface area contributed by atoms with Crippen LogP contribution in [-0.4, -0.2) is 4.98 Å². The highest BCUT2D eigenvalue weighted by Gasteiger charge is 2.10. The van der Waals surface area contributed by atoms with E-state index < -0.39 is 11.6 Å². The van der Waals surface area contributed by atoms with Gasteiger partial charge in [-0.1, -0.05) is 17.7 Å². The maximum absolute atomic E-state index is 13.4. The molecular formula is C11H8ClF2N3. The first kappa shape index (κ1) is 11.6. The molecule has 0 aliphatic heterocycles. The van der Waals surface area contributed by atoms with Crippen LogP contribution in [0.3, 0.4) is 0 Å². The number of rotatable bonds is 2. The molecule has 3 nitrogen and oxygen atoms in total. The third-order valence-corrected chi connectivity index (χ3v) is 2.36. The third kappa shape index (κ3) is 2.45. The predicted molar refractivity (Wildman–Crippen MR) is 63.3 cm³/mol. The number of nitrogens with two attached hydrogens (primary N) is 1. The number of nitrogens with zero attached hydrogens (tertiary/aromatic N) is 1. The van der Waals surface area contributed by atoms with E-state index in [0.717, 1.165) is 6.07 Å². The molecule has 1 heterocycles. The summed E-state index contributed by atoms with van der Waals surface area (Å²) in [6.45, 7) is 0. The van der Waals surface area contributed by atoms with Crippen molar-refractivity contribution < 1.29 is 8.78 Å². The van der Waals surface area contributed by atoms with Crippen molar-refractivity contribution in [3.63, 3.8) is 0 Å². The Morgan fingerprint density at radius 2 is 2.06 bits per heavy atom. The highest BCUT2D eigenvalue weighted by atomic mass is 35.5. The Hall–Kier alpha value is -1.88. The van der Waals surface area contributed by atoms with Gasteiger partial charge >= 0.3 is 0 Å². The van der Waals surface area contributed by atoms with E-state index >= 15 is 0 Å². The van der Waals surface area contributed by atoms with Crippen LogP contribution in [-0.2, 0) is 0 Å². The molecule has 0 saturated heterocycles. The Balaban J connectivity index is 2.35. The lowest BCUT2D eigenvalue weighted by Crippen LogP contribution is -1.99. The van der Waals surface area contributed by atoms with Crippen molar-refractivity contribution in [1.82, 2.24) is 4.98 Å². The first-order valence-electron chi connectivity index (χ1n) is 4.70. The molecule has 6 heteroatoms. The largest absolute Gasteiger partial charge is 0.397 e. The molecule has 3 N–H and O–H groups in total. The van der Waals surface area contributed by atoms with Gasteiger partial charge in [0.15, 0.2) is 11.6 Å². The van der Waals surface area contributed by atoms with Gasteiger partial charge in [-0.15, -0.1) is 0 Å². The molecule has 2 rings (SSSR count). The van der Waals surface area contributed by atoms with Crippen molar-refractivity contribution in [2.45, 2.75) is 0 Å². The maximum atomic E-state index is 13.4. The van der Waals surface area contributed by atoms with Crippen molar-refractivity contribution >= 4 is 28.8 Å². The lowest BCUT2D eigenvalue weighted by atomic mass is 10.3. The molecule has 0 spiro atoms. The lowest BCUT2D eigenvalue weighted by molar-refractivity contribution is 0.511. The van der Waals surface area contributed by atoms with Crippen LogP contribution in [0.5, 0.6) is 0 Å². The summed E-state index contributed by atoms with van der Waals surface area (Å²) in [6, 6.07) is 5.26. The van der Waals surface area contributed by atoms with E-state index in [2.05, 4.69) is 10.3 Å². The predicted octanol–water partition coefficient (Wildman–Crippen LogP) is 3.34. The summed E-state index contributed by atoms with van der Waals surface area (Å²) in [6.07, 6.45) is 1.37. The fourth-order valence-corrected chi connectivity index (χ4v) is 1.49. The lowest BCUT2D eigenvalue weighted by Gasteiger charge is -2.08. The number of anilines is 3. The molecule has 17 heavy (non-hydrogen) atoms. The zero-order valence-electron chi connectivity index (χ0n) is 8.55. The van der Waals surface area contributed by atoms with E-state index in [4.69, 9.17) is 17.3 Å². The number of pyridine rings is 1. The minimum Gasteiger partial charge on any atom is -0.397 e. The Kier molecular flexibility index (Phi) is 3.10. The molecule has 0 fully saturated rings. The van der Waals surface area contributed by atoms with Crippen molar-refractivity contribution in [1.29, 1.82) is 0 Å². The van der Waals surface area contributed by atoms with Crippen LogP contribution in [0.2, 0.25) is 5.02 Å². The van der Waals surface area contributed by atoms with Crippen molar-refractivity contribution in [3.8, 4) is 0 Å².